The van der Waals surface area contributed by atoms with Crippen molar-refractivity contribution in [2.75, 3.05) is 25.4 Å². The van der Waals surface area contributed by atoms with Gasteiger partial charge >= 0.3 is 0 Å². The van der Waals surface area contributed by atoms with Crippen LogP contribution in [0.2, 0.25) is 0 Å². The lowest BCUT2D eigenvalue weighted by Gasteiger charge is -2.39. The molecule has 1 saturated heterocycles. The third-order valence-electron chi connectivity index (χ3n) is 4.98. The molecule has 1 aromatic heterocycles. The largest absolute Gasteiger partial charge is 0.357 e. The predicted octanol–water partition coefficient (Wildman–Crippen LogP) is 3.34. The molecule has 0 unspecified atom stereocenters. The molecule has 0 saturated carbocycles. The summed E-state index contributed by atoms with van der Waals surface area (Å²) in [5, 5.41) is 3.30. The van der Waals surface area contributed by atoms with Crippen LogP contribution in [-0.2, 0) is 16.4 Å². The fraction of sp³-hybridized carbons (Fsp3) is 0.429. The molecular weight excluding hydrogens is 499 g/mol. The van der Waals surface area contributed by atoms with Crippen LogP contribution < -0.4 is 5.32 Å². The SMILES string of the molecule is CCNC(=NCc1cccc(-c2ccccn2)c1)N1CCS(=O)(=O)C(C)(C)C1.I. The van der Waals surface area contributed by atoms with Crippen LogP contribution in [0, 0.1) is 0 Å². The molecular formula is C21H29IN4O2S. The maximum Gasteiger partial charge on any atom is 0.194 e. The molecule has 1 N–H and O–H groups in total. The molecule has 0 bridgehead atoms. The minimum atomic E-state index is -3.08. The van der Waals surface area contributed by atoms with Crippen molar-refractivity contribution in [2.45, 2.75) is 32.1 Å². The Morgan fingerprint density at radius 3 is 2.69 bits per heavy atom. The van der Waals surface area contributed by atoms with Crippen LogP contribution >= 0.6 is 24.0 Å². The van der Waals surface area contributed by atoms with E-state index in [2.05, 4.69) is 16.4 Å². The van der Waals surface area contributed by atoms with Gasteiger partial charge in [-0.15, -0.1) is 24.0 Å². The van der Waals surface area contributed by atoms with E-state index in [1.165, 1.54) is 0 Å². The first-order chi connectivity index (χ1) is 13.3. The number of aromatic nitrogens is 1. The van der Waals surface area contributed by atoms with E-state index in [-0.39, 0.29) is 29.7 Å². The van der Waals surface area contributed by atoms with Crippen molar-refractivity contribution in [3.8, 4) is 11.3 Å². The van der Waals surface area contributed by atoms with Crippen molar-refractivity contribution in [3.05, 3.63) is 54.2 Å². The molecule has 0 atom stereocenters. The fourth-order valence-electron chi connectivity index (χ4n) is 3.28. The van der Waals surface area contributed by atoms with Crippen molar-refractivity contribution in [2.24, 2.45) is 4.99 Å². The zero-order valence-electron chi connectivity index (χ0n) is 17.1. The van der Waals surface area contributed by atoms with Crippen LogP contribution in [0.4, 0.5) is 0 Å². The highest BCUT2D eigenvalue weighted by atomic mass is 127. The molecule has 2 heterocycles. The molecule has 8 heteroatoms. The second kappa shape index (κ2) is 9.88. The number of halogens is 1. The molecule has 1 aliphatic heterocycles. The van der Waals surface area contributed by atoms with Gasteiger partial charge < -0.3 is 10.2 Å². The molecule has 1 aromatic carbocycles. The first kappa shape index (κ1) is 23.6. The van der Waals surface area contributed by atoms with Crippen LogP contribution in [0.15, 0.2) is 53.7 Å². The lowest BCUT2D eigenvalue weighted by molar-refractivity contribution is 0.353. The number of sulfone groups is 1. The standard InChI is InChI=1S/C21H28N4O2S.HI/c1-4-22-20(25-12-13-28(26,27)21(2,3)16-25)24-15-17-8-7-9-18(14-17)19-10-5-6-11-23-19;/h5-11,14H,4,12-13,15-16H2,1-3H3,(H,22,24);1H. The Morgan fingerprint density at radius 1 is 1.24 bits per heavy atom. The highest BCUT2D eigenvalue weighted by Crippen LogP contribution is 2.24. The van der Waals surface area contributed by atoms with Crippen molar-refractivity contribution in [1.29, 1.82) is 0 Å². The van der Waals surface area contributed by atoms with Crippen LogP contribution in [-0.4, -0.2) is 54.4 Å². The number of rotatable bonds is 4. The number of benzene rings is 1. The molecule has 0 amide bonds. The maximum absolute atomic E-state index is 12.3. The van der Waals surface area contributed by atoms with Crippen molar-refractivity contribution in [3.63, 3.8) is 0 Å². The minimum absolute atomic E-state index is 0. The maximum atomic E-state index is 12.3. The molecule has 6 nitrogen and oxygen atoms in total. The van der Waals surface area contributed by atoms with E-state index in [1.807, 2.05) is 48.2 Å². The quantitative estimate of drug-likeness (QED) is 0.375. The van der Waals surface area contributed by atoms with E-state index < -0.39 is 14.6 Å². The van der Waals surface area contributed by atoms with E-state index in [0.29, 0.717) is 19.6 Å². The van der Waals surface area contributed by atoms with Crippen molar-refractivity contribution < 1.29 is 8.42 Å². The monoisotopic (exact) mass is 528 g/mol. The third kappa shape index (κ3) is 5.69. The van der Waals surface area contributed by atoms with Crippen LogP contribution in [0.1, 0.15) is 26.3 Å². The summed E-state index contributed by atoms with van der Waals surface area (Å²) in [4.78, 5) is 11.2. The summed E-state index contributed by atoms with van der Waals surface area (Å²) >= 11 is 0. The summed E-state index contributed by atoms with van der Waals surface area (Å²) < 4.78 is 23.8. The smallest absolute Gasteiger partial charge is 0.194 e. The Kier molecular flexibility index (Phi) is 8.04. The zero-order chi connectivity index (χ0) is 20.2. The molecule has 2 aromatic rings. The number of hydrogen-bond acceptors (Lipinski definition) is 4. The number of nitrogens with one attached hydrogen (secondary N) is 1. The van der Waals surface area contributed by atoms with Gasteiger partial charge in [0.05, 0.1) is 22.7 Å². The van der Waals surface area contributed by atoms with Gasteiger partial charge in [0, 0.05) is 31.4 Å². The Balaban J connectivity index is 0.00000300. The number of nitrogens with zero attached hydrogens (tertiary/aromatic N) is 3. The lowest BCUT2D eigenvalue weighted by Crippen LogP contribution is -2.57. The molecule has 1 fully saturated rings. The van der Waals surface area contributed by atoms with E-state index in [1.54, 1.807) is 20.0 Å². The van der Waals surface area contributed by atoms with Gasteiger partial charge in [-0.3, -0.25) is 4.98 Å². The molecule has 0 radical (unpaired) electrons. The minimum Gasteiger partial charge on any atom is -0.357 e. The molecule has 29 heavy (non-hydrogen) atoms. The summed E-state index contributed by atoms with van der Waals surface area (Å²) in [6, 6.07) is 14.1. The van der Waals surface area contributed by atoms with E-state index >= 15 is 0 Å². The number of pyridine rings is 1. The average Bonchev–Trinajstić information content (AvgIpc) is 2.68. The van der Waals surface area contributed by atoms with Gasteiger partial charge in [-0.2, -0.15) is 0 Å². The second-order valence-corrected chi connectivity index (χ2v) is 10.3. The van der Waals surface area contributed by atoms with Gasteiger partial charge in [-0.1, -0.05) is 24.3 Å². The summed E-state index contributed by atoms with van der Waals surface area (Å²) in [6.45, 7) is 7.75. The van der Waals surface area contributed by atoms with Crippen molar-refractivity contribution in [1.82, 2.24) is 15.2 Å². The topological polar surface area (TPSA) is 74.7 Å². The molecule has 3 rings (SSSR count). The van der Waals surface area contributed by atoms with Crippen LogP contribution in [0.25, 0.3) is 11.3 Å². The number of hydrogen-bond donors (Lipinski definition) is 1. The molecule has 1 aliphatic rings. The summed E-state index contributed by atoms with van der Waals surface area (Å²) in [6.07, 6.45) is 1.79. The predicted molar refractivity (Wildman–Crippen MR) is 129 cm³/mol. The summed E-state index contributed by atoms with van der Waals surface area (Å²) in [5.41, 5.74) is 3.08. The fourth-order valence-corrected chi connectivity index (χ4v) is 4.64. The average molecular weight is 528 g/mol. The molecule has 0 aliphatic carbocycles. The number of guanidine groups is 1. The Hall–Kier alpha value is -1.68. The van der Waals surface area contributed by atoms with E-state index in [4.69, 9.17) is 4.99 Å². The van der Waals surface area contributed by atoms with Gasteiger partial charge in [-0.25, -0.2) is 13.4 Å². The third-order valence-corrected chi connectivity index (χ3v) is 7.51. The van der Waals surface area contributed by atoms with Crippen molar-refractivity contribution >= 4 is 39.8 Å². The first-order valence-electron chi connectivity index (χ1n) is 9.58. The lowest BCUT2D eigenvalue weighted by atomic mass is 10.1. The molecule has 0 spiro atoms. The number of aliphatic imine (C=N–C) groups is 1. The van der Waals surface area contributed by atoms with E-state index in [9.17, 15) is 8.42 Å². The van der Waals surface area contributed by atoms with E-state index in [0.717, 1.165) is 29.3 Å². The van der Waals surface area contributed by atoms with Crippen LogP contribution in [0.5, 0.6) is 0 Å². The summed E-state index contributed by atoms with van der Waals surface area (Å²) in [5.74, 6) is 0.910. The van der Waals surface area contributed by atoms with Gasteiger partial charge in [0.15, 0.2) is 15.8 Å². The summed E-state index contributed by atoms with van der Waals surface area (Å²) in [7, 11) is -3.08. The van der Waals surface area contributed by atoms with Gasteiger partial charge in [0.25, 0.3) is 0 Å². The first-order valence-corrected chi connectivity index (χ1v) is 11.2. The Bertz CT molecular complexity index is 946. The highest BCUT2D eigenvalue weighted by molar-refractivity contribution is 14.0. The second-order valence-electron chi connectivity index (χ2n) is 7.59. The normalized spacial score (nSPS) is 18.0. The van der Waals surface area contributed by atoms with Gasteiger partial charge in [-0.05, 0) is 44.5 Å². The van der Waals surface area contributed by atoms with Crippen LogP contribution in [0.3, 0.4) is 0 Å². The Labute approximate surface area is 190 Å². The zero-order valence-corrected chi connectivity index (χ0v) is 20.3. The van der Waals surface area contributed by atoms with Gasteiger partial charge in [0.2, 0.25) is 0 Å². The van der Waals surface area contributed by atoms with Gasteiger partial charge in [0.1, 0.15) is 0 Å². The Morgan fingerprint density at radius 2 is 2.03 bits per heavy atom. The highest BCUT2D eigenvalue weighted by Gasteiger charge is 2.40. The molecule has 158 valence electrons.